The Morgan fingerprint density at radius 2 is 1.91 bits per heavy atom. The van der Waals surface area contributed by atoms with E-state index in [-0.39, 0.29) is 11.8 Å². The first-order chi connectivity index (χ1) is 11.1. The summed E-state index contributed by atoms with van der Waals surface area (Å²) >= 11 is 0. The van der Waals surface area contributed by atoms with Gasteiger partial charge in [-0.05, 0) is 25.7 Å². The van der Waals surface area contributed by atoms with Crippen LogP contribution in [0.3, 0.4) is 0 Å². The summed E-state index contributed by atoms with van der Waals surface area (Å²) < 4.78 is 0. The molecule has 1 aromatic heterocycles. The molecule has 3 rings (SSSR count). The van der Waals surface area contributed by atoms with Crippen LogP contribution in [0, 0.1) is 5.92 Å². The van der Waals surface area contributed by atoms with Gasteiger partial charge in [-0.3, -0.25) is 4.79 Å². The Bertz CT molecular complexity index is 534. The van der Waals surface area contributed by atoms with Crippen LogP contribution in [0.1, 0.15) is 38.5 Å². The van der Waals surface area contributed by atoms with E-state index >= 15 is 0 Å². The zero-order valence-corrected chi connectivity index (χ0v) is 14.2. The third-order valence-electron chi connectivity index (χ3n) is 5.00. The Labute approximate surface area is 138 Å². The highest BCUT2D eigenvalue weighted by atomic mass is 16.1. The van der Waals surface area contributed by atoms with E-state index in [2.05, 4.69) is 20.2 Å². The van der Waals surface area contributed by atoms with E-state index in [1.54, 1.807) is 6.33 Å². The number of hydrogen-bond acceptors (Lipinski definition) is 5. The SMILES string of the molecule is CN(C)c1ncncc1N1CCC(C(=O)NC2CCCC2)CC1. The maximum Gasteiger partial charge on any atom is 0.223 e. The Hall–Kier alpha value is -1.85. The second-order valence-corrected chi connectivity index (χ2v) is 6.88. The zero-order valence-electron chi connectivity index (χ0n) is 14.2. The van der Waals surface area contributed by atoms with Gasteiger partial charge in [0.2, 0.25) is 5.91 Å². The average molecular weight is 317 g/mol. The van der Waals surface area contributed by atoms with Gasteiger partial charge in [0, 0.05) is 39.1 Å². The molecule has 2 heterocycles. The lowest BCUT2D eigenvalue weighted by atomic mass is 9.95. The molecule has 6 heteroatoms. The number of amides is 1. The van der Waals surface area contributed by atoms with Gasteiger partial charge in [-0.1, -0.05) is 12.8 Å². The lowest BCUT2D eigenvalue weighted by molar-refractivity contribution is -0.126. The smallest absolute Gasteiger partial charge is 0.223 e. The first-order valence-electron chi connectivity index (χ1n) is 8.68. The van der Waals surface area contributed by atoms with Crippen LogP contribution in [-0.4, -0.2) is 49.1 Å². The number of rotatable bonds is 4. The lowest BCUT2D eigenvalue weighted by Gasteiger charge is -2.34. The van der Waals surface area contributed by atoms with Crippen molar-refractivity contribution in [2.45, 2.75) is 44.6 Å². The van der Waals surface area contributed by atoms with Crippen LogP contribution in [0.5, 0.6) is 0 Å². The molecule has 1 aliphatic heterocycles. The second kappa shape index (κ2) is 7.15. The normalized spacial score (nSPS) is 19.8. The van der Waals surface area contributed by atoms with Crippen LogP contribution < -0.4 is 15.1 Å². The quantitative estimate of drug-likeness (QED) is 0.918. The van der Waals surface area contributed by atoms with Crippen LogP contribution >= 0.6 is 0 Å². The molecule has 0 radical (unpaired) electrons. The van der Waals surface area contributed by atoms with Gasteiger partial charge in [0.1, 0.15) is 6.33 Å². The molecule has 2 aliphatic rings. The summed E-state index contributed by atoms with van der Waals surface area (Å²) in [7, 11) is 3.99. The molecule has 0 bridgehead atoms. The van der Waals surface area contributed by atoms with E-state index < -0.39 is 0 Å². The van der Waals surface area contributed by atoms with Crippen LogP contribution in [0.25, 0.3) is 0 Å². The minimum atomic E-state index is 0.152. The lowest BCUT2D eigenvalue weighted by Crippen LogP contribution is -2.43. The van der Waals surface area contributed by atoms with Crippen molar-refractivity contribution in [3.8, 4) is 0 Å². The monoisotopic (exact) mass is 317 g/mol. The predicted molar refractivity (Wildman–Crippen MR) is 91.7 cm³/mol. The Morgan fingerprint density at radius 3 is 2.57 bits per heavy atom. The first kappa shape index (κ1) is 16.0. The van der Waals surface area contributed by atoms with Crippen molar-refractivity contribution < 1.29 is 4.79 Å². The number of aromatic nitrogens is 2. The van der Waals surface area contributed by atoms with Crippen molar-refractivity contribution in [2.24, 2.45) is 5.92 Å². The predicted octanol–water partition coefficient (Wildman–Crippen LogP) is 1.82. The second-order valence-electron chi connectivity index (χ2n) is 6.88. The van der Waals surface area contributed by atoms with Crippen LogP contribution in [0.15, 0.2) is 12.5 Å². The molecule has 0 aromatic carbocycles. The number of nitrogens with one attached hydrogen (secondary N) is 1. The van der Waals surface area contributed by atoms with Gasteiger partial charge in [-0.25, -0.2) is 9.97 Å². The third kappa shape index (κ3) is 3.74. The molecule has 2 fully saturated rings. The molecule has 1 amide bonds. The van der Waals surface area contributed by atoms with Gasteiger partial charge >= 0.3 is 0 Å². The maximum absolute atomic E-state index is 12.4. The van der Waals surface area contributed by atoms with Crippen molar-refractivity contribution in [3.05, 3.63) is 12.5 Å². The van der Waals surface area contributed by atoms with Gasteiger partial charge < -0.3 is 15.1 Å². The van der Waals surface area contributed by atoms with E-state index in [1.807, 2.05) is 25.2 Å². The highest BCUT2D eigenvalue weighted by Crippen LogP contribution is 2.29. The fourth-order valence-electron chi connectivity index (χ4n) is 3.66. The molecule has 126 valence electrons. The summed E-state index contributed by atoms with van der Waals surface area (Å²) in [6.07, 6.45) is 10.1. The topological polar surface area (TPSA) is 61.4 Å². The van der Waals surface area contributed by atoms with Crippen molar-refractivity contribution in [1.29, 1.82) is 0 Å². The molecule has 0 atom stereocenters. The Balaban J connectivity index is 1.57. The number of carbonyl (C=O) groups excluding carboxylic acids is 1. The van der Waals surface area contributed by atoms with Gasteiger partial charge in [0.25, 0.3) is 0 Å². The van der Waals surface area contributed by atoms with Gasteiger partial charge in [0.15, 0.2) is 5.82 Å². The molecule has 1 saturated heterocycles. The first-order valence-corrected chi connectivity index (χ1v) is 8.68. The number of piperidine rings is 1. The summed E-state index contributed by atoms with van der Waals surface area (Å²) in [5.74, 6) is 1.35. The van der Waals surface area contributed by atoms with Crippen LogP contribution in [-0.2, 0) is 4.79 Å². The van der Waals surface area contributed by atoms with Gasteiger partial charge in [-0.15, -0.1) is 0 Å². The average Bonchev–Trinajstić information content (AvgIpc) is 3.08. The zero-order chi connectivity index (χ0) is 16.2. The molecule has 1 N–H and O–H groups in total. The minimum absolute atomic E-state index is 0.152. The Kier molecular flexibility index (Phi) is 4.98. The number of anilines is 2. The van der Waals surface area contributed by atoms with Crippen molar-refractivity contribution in [2.75, 3.05) is 37.0 Å². The highest BCUT2D eigenvalue weighted by Gasteiger charge is 2.28. The van der Waals surface area contributed by atoms with Crippen molar-refractivity contribution in [1.82, 2.24) is 15.3 Å². The van der Waals surface area contributed by atoms with E-state index in [1.165, 1.54) is 12.8 Å². The van der Waals surface area contributed by atoms with E-state index in [4.69, 9.17) is 0 Å². The minimum Gasteiger partial charge on any atom is -0.367 e. The summed E-state index contributed by atoms with van der Waals surface area (Å²) in [5, 5.41) is 3.24. The van der Waals surface area contributed by atoms with E-state index in [0.29, 0.717) is 6.04 Å². The molecular weight excluding hydrogens is 290 g/mol. The van der Waals surface area contributed by atoms with Crippen LogP contribution in [0.4, 0.5) is 11.5 Å². The number of hydrogen-bond donors (Lipinski definition) is 1. The van der Waals surface area contributed by atoms with E-state index in [0.717, 1.165) is 50.3 Å². The van der Waals surface area contributed by atoms with Gasteiger partial charge in [-0.2, -0.15) is 0 Å². The molecular formula is C17H27N5O. The molecule has 6 nitrogen and oxygen atoms in total. The molecule has 23 heavy (non-hydrogen) atoms. The fourth-order valence-corrected chi connectivity index (χ4v) is 3.66. The summed E-state index contributed by atoms with van der Waals surface area (Å²) in [4.78, 5) is 25.3. The van der Waals surface area contributed by atoms with E-state index in [9.17, 15) is 4.79 Å². The third-order valence-corrected chi connectivity index (χ3v) is 5.00. The van der Waals surface area contributed by atoms with Crippen molar-refractivity contribution >= 4 is 17.4 Å². The largest absolute Gasteiger partial charge is 0.367 e. The molecule has 1 aliphatic carbocycles. The molecule has 1 saturated carbocycles. The summed E-state index contributed by atoms with van der Waals surface area (Å²) in [5.41, 5.74) is 1.06. The summed E-state index contributed by atoms with van der Waals surface area (Å²) in [6, 6.07) is 0.420. The van der Waals surface area contributed by atoms with Gasteiger partial charge in [0.05, 0.1) is 11.9 Å². The molecule has 1 aromatic rings. The van der Waals surface area contributed by atoms with Crippen molar-refractivity contribution in [3.63, 3.8) is 0 Å². The summed E-state index contributed by atoms with van der Waals surface area (Å²) in [6.45, 7) is 1.77. The number of nitrogens with zero attached hydrogens (tertiary/aromatic N) is 4. The van der Waals surface area contributed by atoms with Crippen LogP contribution in [0.2, 0.25) is 0 Å². The molecule has 0 unspecified atom stereocenters. The molecule has 0 spiro atoms. The highest BCUT2D eigenvalue weighted by molar-refractivity contribution is 5.79. The standard InChI is InChI=1S/C17H27N5O/c1-21(2)16-15(11-18-12-19-16)22-9-7-13(8-10-22)17(23)20-14-5-3-4-6-14/h11-14H,3-10H2,1-2H3,(H,20,23). The number of carbonyl (C=O) groups is 1. The fraction of sp³-hybridized carbons (Fsp3) is 0.706. The Morgan fingerprint density at radius 1 is 1.22 bits per heavy atom. The maximum atomic E-state index is 12.4.